The second kappa shape index (κ2) is 6.51. The minimum absolute atomic E-state index is 0.0495. The lowest BCUT2D eigenvalue weighted by Gasteiger charge is -2.33. The van der Waals surface area contributed by atoms with Crippen LogP contribution in [-0.2, 0) is 9.84 Å². The van der Waals surface area contributed by atoms with E-state index < -0.39 is 15.1 Å². The maximum Gasteiger partial charge on any atom is 0.317 e. The summed E-state index contributed by atoms with van der Waals surface area (Å²) >= 11 is 0. The average molecular weight is 340 g/mol. The molecule has 2 amide bonds. The smallest absolute Gasteiger partial charge is 0.317 e. The largest absolute Gasteiger partial charge is 0.333 e. The van der Waals surface area contributed by atoms with Crippen LogP contribution in [0.4, 0.5) is 4.79 Å². The topological polar surface area (TPSA) is 84.3 Å². The summed E-state index contributed by atoms with van der Waals surface area (Å²) < 4.78 is 25.2. The van der Waals surface area contributed by atoms with E-state index in [0.29, 0.717) is 19.5 Å². The zero-order valence-corrected chi connectivity index (χ0v) is 14.2. The summed E-state index contributed by atoms with van der Waals surface area (Å²) in [7, 11) is -3.08. The van der Waals surface area contributed by atoms with Crippen LogP contribution >= 0.6 is 0 Å². The maximum atomic E-state index is 12.5. The molecule has 1 aliphatic heterocycles. The highest BCUT2D eigenvalue weighted by Gasteiger charge is 2.35. The summed E-state index contributed by atoms with van der Waals surface area (Å²) in [5, 5.41) is 6.99. The number of carbonyl (C=O) groups is 1. The van der Waals surface area contributed by atoms with Gasteiger partial charge in [-0.25, -0.2) is 13.2 Å². The van der Waals surface area contributed by atoms with E-state index in [1.165, 1.54) is 6.26 Å². The lowest BCUT2D eigenvalue weighted by Crippen LogP contribution is -2.48. The van der Waals surface area contributed by atoms with Crippen molar-refractivity contribution in [1.29, 1.82) is 0 Å². The summed E-state index contributed by atoms with van der Waals surface area (Å²) in [6.07, 6.45) is 9.62. The first-order chi connectivity index (χ1) is 10.9. The Kier molecular flexibility index (Phi) is 4.61. The van der Waals surface area contributed by atoms with Crippen molar-refractivity contribution in [2.45, 2.75) is 49.4 Å². The SMILES string of the molecule is CS(=O)(=O)[C@@H]1CCN(C(=O)N[C@@H]2CCCC[C@H]2n2cccn2)C1. The minimum atomic E-state index is -3.08. The van der Waals surface area contributed by atoms with Gasteiger partial charge in [0, 0.05) is 31.7 Å². The van der Waals surface area contributed by atoms with E-state index in [1.807, 2.05) is 16.9 Å². The Morgan fingerprint density at radius 3 is 2.70 bits per heavy atom. The van der Waals surface area contributed by atoms with E-state index in [9.17, 15) is 13.2 Å². The number of nitrogens with one attached hydrogen (secondary N) is 1. The minimum Gasteiger partial charge on any atom is -0.333 e. The molecule has 3 atom stereocenters. The van der Waals surface area contributed by atoms with Crippen molar-refractivity contribution in [1.82, 2.24) is 20.0 Å². The van der Waals surface area contributed by atoms with E-state index in [0.717, 1.165) is 25.7 Å². The monoisotopic (exact) mass is 340 g/mol. The van der Waals surface area contributed by atoms with Gasteiger partial charge < -0.3 is 10.2 Å². The molecule has 7 nitrogen and oxygen atoms in total. The van der Waals surface area contributed by atoms with Crippen molar-refractivity contribution < 1.29 is 13.2 Å². The summed E-state index contributed by atoms with van der Waals surface area (Å²) in [6.45, 7) is 0.798. The van der Waals surface area contributed by atoms with Crippen molar-refractivity contribution in [3.63, 3.8) is 0 Å². The molecule has 1 N–H and O–H groups in total. The van der Waals surface area contributed by atoms with Crippen LogP contribution in [0.25, 0.3) is 0 Å². The fraction of sp³-hybridized carbons (Fsp3) is 0.733. The molecule has 1 aromatic rings. The molecule has 1 saturated carbocycles. The molecule has 8 heteroatoms. The van der Waals surface area contributed by atoms with Gasteiger partial charge in [-0.1, -0.05) is 12.8 Å². The number of hydrogen-bond donors (Lipinski definition) is 1. The summed E-state index contributed by atoms with van der Waals surface area (Å²) in [4.78, 5) is 14.1. The predicted octanol–water partition coefficient (Wildman–Crippen LogP) is 1.20. The van der Waals surface area contributed by atoms with E-state index in [2.05, 4.69) is 10.4 Å². The summed E-state index contributed by atoms with van der Waals surface area (Å²) in [5.74, 6) is 0. The lowest BCUT2D eigenvalue weighted by molar-refractivity contribution is 0.187. The van der Waals surface area contributed by atoms with Crippen LogP contribution in [0.1, 0.15) is 38.1 Å². The van der Waals surface area contributed by atoms with Gasteiger partial charge in [0.15, 0.2) is 9.84 Å². The molecule has 1 aliphatic carbocycles. The molecule has 0 radical (unpaired) electrons. The van der Waals surface area contributed by atoms with Crippen LogP contribution in [0.15, 0.2) is 18.5 Å². The van der Waals surface area contributed by atoms with Crippen molar-refractivity contribution in [2.24, 2.45) is 0 Å². The van der Waals surface area contributed by atoms with Gasteiger partial charge in [-0.3, -0.25) is 4.68 Å². The molecule has 0 aromatic carbocycles. The van der Waals surface area contributed by atoms with E-state index in [1.54, 1.807) is 11.1 Å². The van der Waals surface area contributed by atoms with E-state index in [-0.39, 0.29) is 18.1 Å². The highest BCUT2D eigenvalue weighted by molar-refractivity contribution is 7.91. The Hall–Kier alpha value is -1.57. The third kappa shape index (κ3) is 3.68. The summed E-state index contributed by atoms with van der Waals surface area (Å²) in [5.41, 5.74) is 0. The highest BCUT2D eigenvalue weighted by Crippen LogP contribution is 2.28. The van der Waals surface area contributed by atoms with Crippen molar-refractivity contribution >= 4 is 15.9 Å². The van der Waals surface area contributed by atoms with E-state index >= 15 is 0 Å². The van der Waals surface area contributed by atoms with Crippen LogP contribution in [0.3, 0.4) is 0 Å². The Balaban J connectivity index is 1.62. The fourth-order valence-electron chi connectivity index (χ4n) is 3.59. The number of amides is 2. The number of hydrogen-bond acceptors (Lipinski definition) is 4. The number of urea groups is 1. The van der Waals surface area contributed by atoms with Gasteiger partial charge in [0.1, 0.15) is 0 Å². The highest BCUT2D eigenvalue weighted by atomic mass is 32.2. The molecule has 0 bridgehead atoms. The Morgan fingerprint density at radius 2 is 2.04 bits per heavy atom. The van der Waals surface area contributed by atoms with E-state index in [4.69, 9.17) is 0 Å². The van der Waals surface area contributed by atoms with Gasteiger partial charge in [0.05, 0.1) is 17.3 Å². The van der Waals surface area contributed by atoms with Gasteiger partial charge in [0.2, 0.25) is 0 Å². The standard InChI is InChI=1S/C15H24N4O3S/c1-23(21,22)12-7-10-18(11-12)15(20)17-13-5-2-3-6-14(13)19-9-4-8-16-19/h4,8-9,12-14H,2-3,5-7,10-11H2,1H3,(H,17,20)/t12-,13-,14-/m1/s1. The van der Waals surface area contributed by atoms with Crippen LogP contribution < -0.4 is 5.32 Å². The van der Waals surface area contributed by atoms with Gasteiger partial charge in [-0.15, -0.1) is 0 Å². The zero-order chi connectivity index (χ0) is 16.4. The third-order valence-corrected chi connectivity index (χ3v) is 6.54. The number of rotatable bonds is 3. The maximum absolute atomic E-state index is 12.5. The quantitative estimate of drug-likeness (QED) is 0.896. The molecule has 0 spiro atoms. The molecule has 2 fully saturated rings. The predicted molar refractivity (Wildman–Crippen MR) is 86.9 cm³/mol. The summed E-state index contributed by atoms with van der Waals surface area (Å²) in [6, 6.07) is 1.97. The molecular formula is C15H24N4O3S. The number of carbonyl (C=O) groups excluding carboxylic acids is 1. The van der Waals surface area contributed by atoms with Gasteiger partial charge in [-0.05, 0) is 25.3 Å². The molecule has 2 aliphatic rings. The lowest BCUT2D eigenvalue weighted by atomic mass is 9.90. The third-order valence-electron chi connectivity index (χ3n) is 4.94. The van der Waals surface area contributed by atoms with Gasteiger partial charge in [0.25, 0.3) is 0 Å². The first-order valence-electron chi connectivity index (χ1n) is 8.18. The number of sulfone groups is 1. The molecule has 0 unspecified atom stereocenters. The molecular weight excluding hydrogens is 316 g/mol. The zero-order valence-electron chi connectivity index (χ0n) is 13.4. The Labute approximate surface area is 137 Å². The number of aromatic nitrogens is 2. The molecule has 2 heterocycles. The number of likely N-dealkylation sites (tertiary alicyclic amines) is 1. The normalized spacial score (nSPS) is 28.7. The van der Waals surface area contributed by atoms with Crippen LogP contribution in [0, 0.1) is 0 Å². The second-order valence-electron chi connectivity index (χ2n) is 6.58. The Morgan fingerprint density at radius 1 is 1.26 bits per heavy atom. The first kappa shape index (κ1) is 16.3. The average Bonchev–Trinajstić information content (AvgIpc) is 3.19. The molecule has 23 heavy (non-hydrogen) atoms. The van der Waals surface area contributed by atoms with Crippen LogP contribution in [0.2, 0.25) is 0 Å². The molecule has 128 valence electrons. The van der Waals surface area contributed by atoms with Gasteiger partial charge in [-0.2, -0.15) is 5.10 Å². The molecule has 3 rings (SSSR count). The van der Waals surface area contributed by atoms with Crippen LogP contribution in [0.5, 0.6) is 0 Å². The number of nitrogens with zero attached hydrogens (tertiary/aromatic N) is 3. The van der Waals surface area contributed by atoms with Crippen molar-refractivity contribution in [3.05, 3.63) is 18.5 Å². The molecule has 1 aromatic heterocycles. The van der Waals surface area contributed by atoms with Crippen molar-refractivity contribution in [3.8, 4) is 0 Å². The van der Waals surface area contributed by atoms with Crippen molar-refractivity contribution in [2.75, 3.05) is 19.3 Å². The first-order valence-corrected chi connectivity index (χ1v) is 10.1. The van der Waals surface area contributed by atoms with Gasteiger partial charge >= 0.3 is 6.03 Å². The Bertz CT molecular complexity index is 644. The van der Waals surface area contributed by atoms with Crippen LogP contribution in [-0.4, -0.2) is 59.8 Å². The fourth-order valence-corrected chi connectivity index (χ4v) is 4.57. The molecule has 1 saturated heterocycles. The second-order valence-corrected chi connectivity index (χ2v) is 8.91.